The number of hydrogen-bond donors (Lipinski definition) is 1. The van der Waals surface area contributed by atoms with Crippen LogP contribution in [0.25, 0.3) is 10.8 Å². The van der Waals surface area contributed by atoms with Crippen molar-refractivity contribution in [1.29, 1.82) is 0 Å². The molecular formula is C14H17NO2. The minimum absolute atomic E-state index is 0.373. The second-order valence-electron chi connectivity index (χ2n) is 3.32. The molecule has 0 radical (unpaired) electrons. The van der Waals surface area contributed by atoms with Gasteiger partial charge in [-0.15, -0.1) is 0 Å². The number of nitrogens with one attached hydrogen (secondary N) is 1. The molecule has 90 valence electrons. The molecule has 3 nitrogen and oxygen atoms in total. The van der Waals surface area contributed by atoms with Crippen molar-refractivity contribution in [3.05, 3.63) is 48.5 Å². The number of benzene rings is 2. The summed E-state index contributed by atoms with van der Waals surface area (Å²) < 4.78 is 4.44. The van der Waals surface area contributed by atoms with E-state index in [1.54, 1.807) is 6.92 Å². The zero-order chi connectivity index (χ0) is 12.5. The molecule has 0 spiro atoms. The Hall–Kier alpha value is -2.03. The SMILES string of the molecule is CCOC(=O)NC.c1ccc2ccccc2c1. The Morgan fingerprint density at radius 2 is 1.47 bits per heavy atom. The van der Waals surface area contributed by atoms with Crippen LogP contribution in [0.3, 0.4) is 0 Å². The molecule has 0 aliphatic carbocycles. The molecule has 17 heavy (non-hydrogen) atoms. The molecule has 0 fully saturated rings. The van der Waals surface area contributed by atoms with Crippen molar-refractivity contribution in [3.63, 3.8) is 0 Å². The van der Waals surface area contributed by atoms with E-state index in [4.69, 9.17) is 0 Å². The fourth-order valence-corrected chi connectivity index (χ4v) is 1.34. The summed E-state index contributed by atoms with van der Waals surface area (Å²) in [6.45, 7) is 2.19. The van der Waals surface area contributed by atoms with Crippen molar-refractivity contribution in [1.82, 2.24) is 5.32 Å². The molecule has 0 unspecified atom stereocenters. The Morgan fingerprint density at radius 1 is 1.06 bits per heavy atom. The second kappa shape index (κ2) is 7.28. The van der Waals surface area contributed by atoms with E-state index in [9.17, 15) is 4.79 Å². The van der Waals surface area contributed by atoms with Gasteiger partial charge in [0.2, 0.25) is 0 Å². The second-order valence-corrected chi connectivity index (χ2v) is 3.32. The lowest BCUT2D eigenvalue weighted by Gasteiger charge is -1.95. The van der Waals surface area contributed by atoms with Gasteiger partial charge in [-0.1, -0.05) is 48.5 Å². The fraction of sp³-hybridized carbons (Fsp3) is 0.214. The van der Waals surface area contributed by atoms with Crippen molar-refractivity contribution in [2.75, 3.05) is 13.7 Å². The van der Waals surface area contributed by atoms with Crippen LogP contribution in [-0.2, 0) is 4.74 Å². The average Bonchev–Trinajstić information content (AvgIpc) is 2.40. The highest BCUT2D eigenvalue weighted by Crippen LogP contribution is 2.11. The summed E-state index contributed by atoms with van der Waals surface area (Å²) in [7, 11) is 1.53. The van der Waals surface area contributed by atoms with Crippen molar-refractivity contribution >= 4 is 16.9 Å². The summed E-state index contributed by atoms with van der Waals surface area (Å²) in [5.74, 6) is 0. The molecule has 0 saturated heterocycles. The quantitative estimate of drug-likeness (QED) is 0.818. The van der Waals surface area contributed by atoms with Crippen LogP contribution in [0.1, 0.15) is 6.92 Å². The molecule has 0 atom stereocenters. The van der Waals surface area contributed by atoms with Crippen molar-refractivity contribution in [3.8, 4) is 0 Å². The third-order valence-electron chi connectivity index (χ3n) is 2.14. The zero-order valence-corrected chi connectivity index (χ0v) is 10.1. The largest absolute Gasteiger partial charge is 0.450 e. The predicted molar refractivity (Wildman–Crippen MR) is 70.0 cm³/mol. The van der Waals surface area contributed by atoms with Crippen LogP contribution in [-0.4, -0.2) is 19.7 Å². The maximum Gasteiger partial charge on any atom is 0.406 e. The number of alkyl carbamates (subject to hydrolysis) is 1. The minimum atomic E-state index is -0.373. The molecule has 0 heterocycles. The van der Waals surface area contributed by atoms with E-state index in [0.717, 1.165) is 0 Å². The zero-order valence-electron chi connectivity index (χ0n) is 10.1. The monoisotopic (exact) mass is 231 g/mol. The smallest absolute Gasteiger partial charge is 0.406 e. The van der Waals surface area contributed by atoms with Crippen LogP contribution in [0.5, 0.6) is 0 Å². The van der Waals surface area contributed by atoms with Crippen LogP contribution in [0.2, 0.25) is 0 Å². The average molecular weight is 231 g/mol. The first-order valence-electron chi connectivity index (χ1n) is 5.56. The van der Waals surface area contributed by atoms with Gasteiger partial charge in [0.05, 0.1) is 6.61 Å². The summed E-state index contributed by atoms with van der Waals surface area (Å²) >= 11 is 0. The minimum Gasteiger partial charge on any atom is -0.450 e. The van der Waals surface area contributed by atoms with E-state index in [1.165, 1.54) is 17.8 Å². The fourth-order valence-electron chi connectivity index (χ4n) is 1.34. The first-order chi connectivity index (χ1) is 8.27. The van der Waals surface area contributed by atoms with E-state index >= 15 is 0 Å². The van der Waals surface area contributed by atoms with Crippen LogP contribution < -0.4 is 5.32 Å². The van der Waals surface area contributed by atoms with Gasteiger partial charge in [-0.2, -0.15) is 0 Å². The van der Waals surface area contributed by atoms with Gasteiger partial charge in [0.15, 0.2) is 0 Å². The summed E-state index contributed by atoms with van der Waals surface area (Å²) in [5.41, 5.74) is 0. The molecule has 2 aromatic carbocycles. The van der Waals surface area contributed by atoms with Gasteiger partial charge in [0.1, 0.15) is 0 Å². The summed E-state index contributed by atoms with van der Waals surface area (Å²) in [5, 5.41) is 4.93. The Kier molecular flexibility index (Phi) is 5.58. The maximum absolute atomic E-state index is 10.1. The van der Waals surface area contributed by atoms with E-state index in [1.807, 2.05) is 0 Å². The van der Waals surface area contributed by atoms with E-state index in [2.05, 4.69) is 58.6 Å². The molecule has 2 aromatic rings. The summed E-state index contributed by atoms with van der Waals surface area (Å²) in [6, 6.07) is 16.7. The molecule has 0 aromatic heterocycles. The molecule has 0 aliphatic heterocycles. The third-order valence-corrected chi connectivity index (χ3v) is 2.14. The van der Waals surface area contributed by atoms with Crippen molar-refractivity contribution in [2.24, 2.45) is 0 Å². The predicted octanol–water partition coefficient (Wildman–Crippen LogP) is 3.20. The van der Waals surface area contributed by atoms with Gasteiger partial charge in [-0.3, -0.25) is 0 Å². The number of hydrogen-bond acceptors (Lipinski definition) is 2. The normalized spacial score (nSPS) is 9.06. The van der Waals surface area contributed by atoms with Crippen LogP contribution in [0, 0.1) is 0 Å². The van der Waals surface area contributed by atoms with E-state index in [-0.39, 0.29) is 6.09 Å². The maximum atomic E-state index is 10.1. The van der Waals surface area contributed by atoms with Gasteiger partial charge in [-0.05, 0) is 17.7 Å². The summed E-state index contributed by atoms with van der Waals surface area (Å²) in [4.78, 5) is 10.1. The van der Waals surface area contributed by atoms with Gasteiger partial charge in [0.25, 0.3) is 0 Å². The molecule has 2 rings (SSSR count). The van der Waals surface area contributed by atoms with Gasteiger partial charge in [0, 0.05) is 7.05 Å². The van der Waals surface area contributed by atoms with Crippen LogP contribution in [0.4, 0.5) is 4.79 Å². The third kappa shape index (κ3) is 4.55. The number of rotatable bonds is 1. The molecule has 0 aliphatic rings. The molecule has 3 heteroatoms. The molecule has 0 bridgehead atoms. The molecule has 1 amide bonds. The highest BCUT2D eigenvalue weighted by Gasteiger charge is 1.89. The van der Waals surface area contributed by atoms with E-state index < -0.39 is 0 Å². The van der Waals surface area contributed by atoms with Gasteiger partial charge in [-0.25, -0.2) is 4.79 Å². The van der Waals surface area contributed by atoms with Gasteiger partial charge >= 0.3 is 6.09 Å². The van der Waals surface area contributed by atoms with E-state index in [0.29, 0.717) is 6.61 Å². The van der Waals surface area contributed by atoms with Gasteiger partial charge < -0.3 is 10.1 Å². The molecule has 0 saturated carbocycles. The van der Waals surface area contributed by atoms with Crippen molar-refractivity contribution in [2.45, 2.75) is 6.92 Å². The lowest BCUT2D eigenvalue weighted by molar-refractivity contribution is 0.154. The van der Waals surface area contributed by atoms with Crippen LogP contribution in [0.15, 0.2) is 48.5 Å². The Labute approximate surface area is 101 Å². The topological polar surface area (TPSA) is 38.3 Å². The highest BCUT2D eigenvalue weighted by atomic mass is 16.5. The summed E-state index contributed by atoms with van der Waals surface area (Å²) in [6.07, 6.45) is -0.373. The molecular weight excluding hydrogens is 214 g/mol. The van der Waals surface area contributed by atoms with Crippen molar-refractivity contribution < 1.29 is 9.53 Å². The highest BCUT2D eigenvalue weighted by molar-refractivity contribution is 5.81. The number of fused-ring (bicyclic) bond motifs is 1. The molecule has 1 N–H and O–H groups in total. The Balaban J connectivity index is 0.000000185. The Bertz CT molecular complexity index is 403. The van der Waals surface area contributed by atoms with Crippen LogP contribution >= 0.6 is 0 Å². The number of amides is 1. The number of carbonyl (C=O) groups excluding carboxylic acids is 1. The lowest BCUT2D eigenvalue weighted by Crippen LogP contribution is -2.18. The lowest BCUT2D eigenvalue weighted by atomic mass is 10.1. The number of ether oxygens (including phenoxy) is 1. The standard InChI is InChI=1S/C10H8.C4H9NO2/c1-2-6-10-8-4-3-7-9(10)5-1;1-3-7-4(6)5-2/h1-8H;3H2,1-2H3,(H,5,6). The first kappa shape index (κ1) is 13.0. The first-order valence-corrected chi connectivity index (χ1v) is 5.56. The Morgan fingerprint density at radius 3 is 1.71 bits per heavy atom. The number of carbonyl (C=O) groups is 1.